The van der Waals surface area contributed by atoms with Crippen molar-refractivity contribution in [2.45, 2.75) is 25.9 Å². The molecular formula is C23H25NO4. The molecule has 0 radical (unpaired) electrons. The second-order valence-corrected chi connectivity index (χ2v) is 6.83. The van der Waals surface area contributed by atoms with Crippen molar-refractivity contribution in [3.63, 3.8) is 0 Å². The van der Waals surface area contributed by atoms with Gasteiger partial charge in [-0.3, -0.25) is 9.59 Å². The normalized spacial score (nSPS) is 17.0. The van der Waals surface area contributed by atoms with E-state index in [1.54, 1.807) is 4.90 Å². The number of hydrogen-bond acceptors (Lipinski definition) is 4. The summed E-state index contributed by atoms with van der Waals surface area (Å²) in [6.45, 7) is 0.747. The van der Waals surface area contributed by atoms with Crippen molar-refractivity contribution in [3.05, 3.63) is 77.9 Å². The van der Waals surface area contributed by atoms with E-state index in [-0.39, 0.29) is 25.5 Å². The van der Waals surface area contributed by atoms with Crippen molar-refractivity contribution in [3.8, 4) is 0 Å². The van der Waals surface area contributed by atoms with Gasteiger partial charge in [-0.2, -0.15) is 0 Å². The summed E-state index contributed by atoms with van der Waals surface area (Å²) < 4.78 is 5.37. The van der Waals surface area contributed by atoms with Gasteiger partial charge in [0.25, 0.3) is 0 Å². The lowest BCUT2D eigenvalue weighted by atomic mass is 9.99. The minimum Gasteiger partial charge on any atom is -0.461 e. The number of hydrogen-bond donors (Lipinski definition) is 1. The summed E-state index contributed by atoms with van der Waals surface area (Å²) in [6, 6.07) is 18.9. The fourth-order valence-corrected chi connectivity index (χ4v) is 3.34. The molecule has 5 heteroatoms. The number of aliphatic hydroxyl groups excluding tert-OH is 1. The number of rotatable bonds is 7. The number of aliphatic hydroxyl groups is 1. The summed E-state index contributed by atoms with van der Waals surface area (Å²) in [5, 5.41) is 9.31. The van der Waals surface area contributed by atoms with Gasteiger partial charge in [-0.25, -0.2) is 0 Å². The van der Waals surface area contributed by atoms with Gasteiger partial charge >= 0.3 is 5.97 Å². The molecule has 0 saturated carbocycles. The van der Waals surface area contributed by atoms with Crippen LogP contribution in [-0.2, 0) is 20.9 Å². The highest BCUT2D eigenvalue weighted by atomic mass is 16.5. The number of benzene rings is 2. The molecule has 28 heavy (non-hydrogen) atoms. The van der Waals surface area contributed by atoms with Crippen LogP contribution >= 0.6 is 0 Å². The number of carbonyl (C=O) groups is 2. The zero-order valence-electron chi connectivity index (χ0n) is 15.8. The third-order valence-electron chi connectivity index (χ3n) is 4.81. The predicted octanol–water partition coefficient (Wildman–Crippen LogP) is 3.48. The second kappa shape index (κ2) is 9.85. The first-order valence-corrected chi connectivity index (χ1v) is 9.54. The van der Waals surface area contributed by atoms with Crippen molar-refractivity contribution in [1.29, 1.82) is 0 Å². The fraction of sp³-hybridized carbons (Fsp3) is 0.304. The molecule has 1 aliphatic heterocycles. The Hall–Kier alpha value is -2.92. The standard InChI is InChI=1S/C23H25NO4/c25-14-12-18-11-13-24(21-9-5-2-6-10-21)23(27)20(15-18)16-22(26)28-17-19-7-3-1-4-8-19/h1-10,15,20,25H,11-14,16-17H2. The molecule has 2 aromatic carbocycles. The van der Waals surface area contributed by atoms with Gasteiger partial charge in [0.15, 0.2) is 0 Å². The molecule has 1 aliphatic rings. The van der Waals surface area contributed by atoms with E-state index < -0.39 is 11.9 Å². The summed E-state index contributed by atoms with van der Waals surface area (Å²) >= 11 is 0. The van der Waals surface area contributed by atoms with Gasteiger partial charge in [-0.05, 0) is 30.5 Å². The Bertz CT molecular complexity index is 817. The maximum Gasteiger partial charge on any atom is 0.307 e. The molecule has 0 aliphatic carbocycles. The number of anilines is 1. The highest BCUT2D eigenvalue weighted by molar-refractivity contribution is 5.98. The fourth-order valence-electron chi connectivity index (χ4n) is 3.34. The van der Waals surface area contributed by atoms with Gasteiger partial charge in [-0.1, -0.05) is 60.2 Å². The molecule has 0 fully saturated rings. The first-order valence-electron chi connectivity index (χ1n) is 9.54. The Labute approximate surface area is 165 Å². The molecule has 1 atom stereocenters. The number of ether oxygens (including phenoxy) is 1. The molecular weight excluding hydrogens is 354 g/mol. The molecule has 2 aromatic rings. The van der Waals surface area contributed by atoms with Gasteiger partial charge < -0.3 is 14.7 Å². The minimum absolute atomic E-state index is 0.00999. The zero-order chi connectivity index (χ0) is 19.8. The predicted molar refractivity (Wildman–Crippen MR) is 108 cm³/mol. The molecule has 5 nitrogen and oxygen atoms in total. The summed E-state index contributed by atoms with van der Waals surface area (Å²) in [4.78, 5) is 27.2. The second-order valence-electron chi connectivity index (χ2n) is 6.83. The van der Waals surface area contributed by atoms with Gasteiger partial charge in [-0.15, -0.1) is 0 Å². The van der Waals surface area contributed by atoms with Crippen LogP contribution in [0.3, 0.4) is 0 Å². The van der Waals surface area contributed by atoms with E-state index in [9.17, 15) is 14.7 Å². The van der Waals surface area contributed by atoms with Crippen molar-refractivity contribution >= 4 is 17.6 Å². The molecule has 3 rings (SSSR count). The lowest BCUT2D eigenvalue weighted by molar-refractivity contribution is -0.147. The average molecular weight is 379 g/mol. The third-order valence-corrected chi connectivity index (χ3v) is 4.81. The molecule has 0 spiro atoms. The number of esters is 1. The van der Waals surface area contributed by atoms with E-state index in [4.69, 9.17) is 4.74 Å². The van der Waals surface area contributed by atoms with Crippen LogP contribution < -0.4 is 4.90 Å². The number of carbonyl (C=O) groups excluding carboxylic acids is 2. The van der Waals surface area contributed by atoms with E-state index >= 15 is 0 Å². The lowest BCUT2D eigenvalue weighted by Gasteiger charge is -2.24. The minimum atomic E-state index is -0.590. The molecule has 1 amide bonds. The molecule has 0 bridgehead atoms. The van der Waals surface area contributed by atoms with Crippen LogP contribution in [0.25, 0.3) is 0 Å². The highest BCUT2D eigenvalue weighted by Gasteiger charge is 2.29. The lowest BCUT2D eigenvalue weighted by Crippen LogP contribution is -2.36. The Kier molecular flexibility index (Phi) is 6.98. The maximum atomic E-state index is 13.1. The summed E-state index contributed by atoms with van der Waals surface area (Å²) in [6.07, 6.45) is 3.01. The number of nitrogens with zero attached hydrogens (tertiary/aromatic N) is 1. The summed E-state index contributed by atoms with van der Waals surface area (Å²) in [5.74, 6) is -1.11. The van der Waals surface area contributed by atoms with Crippen molar-refractivity contribution in [1.82, 2.24) is 0 Å². The quantitative estimate of drug-likeness (QED) is 0.591. The Balaban J connectivity index is 1.71. The zero-order valence-corrected chi connectivity index (χ0v) is 15.8. The van der Waals surface area contributed by atoms with Crippen molar-refractivity contribution in [2.24, 2.45) is 5.92 Å². The van der Waals surface area contributed by atoms with E-state index in [1.807, 2.05) is 66.7 Å². The number of amides is 1. The topological polar surface area (TPSA) is 66.8 Å². The van der Waals surface area contributed by atoms with Crippen LogP contribution in [0, 0.1) is 5.92 Å². The molecule has 1 unspecified atom stereocenters. The smallest absolute Gasteiger partial charge is 0.307 e. The van der Waals surface area contributed by atoms with Gasteiger partial charge in [0.05, 0.1) is 12.3 Å². The average Bonchev–Trinajstić information content (AvgIpc) is 2.87. The van der Waals surface area contributed by atoms with Crippen molar-refractivity contribution < 1.29 is 19.4 Å². The van der Waals surface area contributed by atoms with Crippen LogP contribution in [0.2, 0.25) is 0 Å². The van der Waals surface area contributed by atoms with Crippen molar-refractivity contribution in [2.75, 3.05) is 18.1 Å². The van der Waals surface area contributed by atoms with E-state index in [2.05, 4.69) is 0 Å². The van der Waals surface area contributed by atoms with E-state index in [0.29, 0.717) is 19.4 Å². The van der Waals surface area contributed by atoms with Crippen LogP contribution in [0.5, 0.6) is 0 Å². The Morgan fingerprint density at radius 2 is 1.75 bits per heavy atom. The summed E-state index contributed by atoms with van der Waals surface area (Å²) in [7, 11) is 0. The first-order chi connectivity index (χ1) is 13.7. The van der Waals surface area contributed by atoms with Gasteiger partial charge in [0.2, 0.25) is 5.91 Å². The number of para-hydroxylation sites is 1. The molecule has 0 aromatic heterocycles. The van der Waals surface area contributed by atoms with Gasteiger partial charge in [0.1, 0.15) is 6.61 Å². The maximum absolute atomic E-state index is 13.1. The molecule has 146 valence electrons. The molecule has 1 N–H and O–H groups in total. The van der Waals surface area contributed by atoms with Crippen LogP contribution in [-0.4, -0.2) is 30.1 Å². The van der Waals surface area contributed by atoms with Crippen LogP contribution in [0.4, 0.5) is 5.69 Å². The largest absolute Gasteiger partial charge is 0.461 e. The van der Waals surface area contributed by atoms with E-state index in [0.717, 1.165) is 16.8 Å². The van der Waals surface area contributed by atoms with E-state index in [1.165, 1.54) is 0 Å². The van der Waals surface area contributed by atoms with Crippen LogP contribution in [0.1, 0.15) is 24.8 Å². The molecule has 0 saturated heterocycles. The van der Waals surface area contributed by atoms with Crippen LogP contribution in [0.15, 0.2) is 72.3 Å². The highest BCUT2D eigenvalue weighted by Crippen LogP contribution is 2.26. The Morgan fingerprint density at radius 3 is 2.43 bits per heavy atom. The molecule has 1 heterocycles. The SMILES string of the molecule is O=C(CC1C=C(CCO)CCN(c2ccccc2)C1=O)OCc1ccccc1. The first kappa shape index (κ1) is 19.8. The Morgan fingerprint density at radius 1 is 1.07 bits per heavy atom. The van der Waals surface area contributed by atoms with Gasteiger partial charge in [0, 0.05) is 18.8 Å². The third kappa shape index (κ3) is 5.30. The summed E-state index contributed by atoms with van der Waals surface area (Å²) in [5.41, 5.74) is 2.72. The monoisotopic (exact) mass is 379 g/mol.